The molecule has 0 amide bonds. The minimum absolute atomic E-state index is 0.504. The second kappa shape index (κ2) is 7.00. The highest BCUT2D eigenvalue weighted by molar-refractivity contribution is 5.60. The molecule has 3 heterocycles. The molecule has 6 nitrogen and oxygen atoms in total. The highest BCUT2D eigenvalue weighted by atomic mass is 16.5. The quantitative estimate of drug-likeness (QED) is 0.895. The number of para-hydroxylation sites is 1. The van der Waals surface area contributed by atoms with E-state index in [1.165, 1.54) is 22.5 Å². The average Bonchev–Trinajstić information content (AvgIpc) is 3.17. The number of rotatable bonds is 3. The van der Waals surface area contributed by atoms with Crippen molar-refractivity contribution < 1.29 is 4.74 Å². The van der Waals surface area contributed by atoms with Crippen LogP contribution < -0.4 is 19.9 Å². The van der Waals surface area contributed by atoms with E-state index in [2.05, 4.69) is 39.4 Å². The average molecular weight is 365 g/mol. The first-order valence-corrected chi connectivity index (χ1v) is 10.1. The number of nitrogens with zero attached hydrogens (tertiary/aromatic N) is 4. The Morgan fingerprint density at radius 1 is 1.07 bits per heavy atom. The van der Waals surface area contributed by atoms with E-state index in [9.17, 15) is 0 Å². The van der Waals surface area contributed by atoms with Crippen molar-refractivity contribution in [3.63, 3.8) is 0 Å². The highest BCUT2D eigenvalue weighted by Gasteiger charge is 2.32. The number of piperazine rings is 1. The minimum Gasteiger partial charge on any atom is -0.467 e. The third-order valence-corrected chi connectivity index (χ3v) is 6.17. The van der Waals surface area contributed by atoms with Gasteiger partial charge in [0.05, 0.1) is 12.8 Å². The van der Waals surface area contributed by atoms with Crippen LogP contribution in [0.1, 0.15) is 23.2 Å². The van der Waals surface area contributed by atoms with Crippen LogP contribution in [-0.2, 0) is 19.3 Å². The van der Waals surface area contributed by atoms with Crippen molar-refractivity contribution in [1.29, 1.82) is 0 Å². The van der Waals surface area contributed by atoms with E-state index in [0.717, 1.165) is 64.2 Å². The molecular formula is C21H27N5O. The van der Waals surface area contributed by atoms with E-state index in [4.69, 9.17) is 14.7 Å². The van der Waals surface area contributed by atoms with Gasteiger partial charge in [0.15, 0.2) is 0 Å². The summed E-state index contributed by atoms with van der Waals surface area (Å²) in [5.74, 6) is 1.10. The Bertz CT molecular complexity index is 833. The maximum Gasteiger partial charge on any atom is 0.318 e. The molecule has 1 atom stereocenters. The summed E-state index contributed by atoms with van der Waals surface area (Å²) < 4.78 is 5.45. The summed E-state index contributed by atoms with van der Waals surface area (Å²) >= 11 is 0. The molecule has 0 spiro atoms. The van der Waals surface area contributed by atoms with Gasteiger partial charge in [0.25, 0.3) is 0 Å². The Hall–Kier alpha value is -2.34. The highest BCUT2D eigenvalue weighted by Crippen LogP contribution is 2.36. The van der Waals surface area contributed by atoms with Crippen molar-refractivity contribution in [3.8, 4) is 6.01 Å². The van der Waals surface area contributed by atoms with E-state index < -0.39 is 0 Å². The third kappa shape index (κ3) is 3.02. The van der Waals surface area contributed by atoms with Crippen LogP contribution in [0.3, 0.4) is 0 Å². The Morgan fingerprint density at radius 2 is 1.93 bits per heavy atom. The lowest BCUT2D eigenvalue weighted by molar-refractivity contribution is 0.374. The topological polar surface area (TPSA) is 53.5 Å². The molecule has 0 bridgehead atoms. The fourth-order valence-electron chi connectivity index (χ4n) is 4.79. The zero-order valence-corrected chi connectivity index (χ0v) is 15.9. The molecular weight excluding hydrogens is 338 g/mol. The number of aromatic nitrogens is 2. The minimum atomic E-state index is 0.504. The van der Waals surface area contributed by atoms with Crippen molar-refractivity contribution in [3.05, 3.63) is 41.1 Å². The molecule has 1 saturated heterocycles. The monoisotopic (exact) mass is 365 g/mol. The number of fused-ring (bicyclic) bond motifs is 2. The van der Waals surface area contributed by atoms with Gasteiger partial charge in [-0.25, -0.2) is 0 Å². The molecule has 5 rings (SSSR count). The molecule has 6 heteroatoms. The van der Waals surface area contributed by atoms with Crippen molar-refractivity contribution in [2.24, 2.45) is 0 Å². The first-order chi connectivity index (χ1) is 13.3. The lowest BCUT2D eigenvalue weighted by Gasteiger charge is -2.36. The molecule has 1 fully saturated rings. The Labute approximate surface area is 160 Å². The molecule has 0 saturated carbocycles. The number of anilines is 2. The molecule has 3 aliphatic rings. The normalized spacial score (nSPS) is 21.7. The van der Waals surface area contributed by atoms with Crippen LogP contribution in [0.5, 0.6) is 6.01 Å². The summed E-state index contributed by atoms with van der Waals surface area (Å²) in [6.45, 7) is 5.12. The smallest absolute Gasteiger partial charge is 0.318 e. The molecule has 27 heavy (non-hydrogen) atoms. The fraction of sp³-hybridized carbons (Fsp3) is 0.524. The molecule has 1 aromatic carbocycles. The summed E-state index contributed by atoms with van der Waals surface area (Å²) in [6, 6.07) is 9.85. The van der Waals surface area contributed by atoms with Gasteiger partial charge in [0, 0.05) is 56.4 Å². The first kappa shape index (κ1) is 16.8. The fourth-order valence-corrected chi connectivity index (χ4v) is 4.79. The van der Waals surface area contributed by atoms with E-state index in [0.29, 0.717) is 12.1 Å². The standard InChI is InChI=1S/C21H27N5O/c1-27-21-23-18-14-16(26-11-8-15-4-2-3-5-19(15)26)6-7-17(18)20(24-21)25-12-9-22-10-13-25/h2-5,16,22H,6-14H2,1H3. The van der Waals surface area contributed by atoms with Gasteiger partial charge < -0.3 is 19.9 Å². The summed E-state index contributed by atoms with van der Waals surface area (Å²) in [5, 5.41) is 3.42. The van der Waals surface area contributed by atoms with E-state index in [1.807, 2.05) is 0 Å². The molecule has 142 valence electrons. The van der Waals surface area contributed by atoms with E-state index in [1.54, 1.807) is 7.11 Å². The Balaban J connectivity index is 1.45. The summed E-state index contributed by atoms with van der Waals surface area (Å²) in [5.41, 5.74) is 5.40. The summed E-state index contributed by atoms with van der Waals surface area (Å²) in [7, 11) is 1.67. The van der Waals surface area contributed by atoms with Gasteiger partial charge in [0.2, 0.25) is 0 Å². The molecule has 0 radical (unpaired) electrons. The van der Waals surface area contributed by atoms with Crippen molar-refractivity contribution in [2.75, 3.05) is 49.6 Å². The zero-order chi connectivity index (χ0) is 18.2. The van der Waals surface area contributed by atoms with Gasteiger partial charge in [-0.1, -0.05) is 18.2 Å². The van der Waals surface area contributed by atoms with E-state index in [-0.39, 0.29) is 0 Å². The Morgan fingerprint density at radius 3 is 2.78 bits per heavy atom. The first-order valence-electron chi connectivity index (χ1n) is 10.1. The molecule has 1 aliphatic carbocycles. The number of benzene rings is 1. The van der Waals surface area contributed by atoms with Crippen LogP contribution >= 0.6 is 0 Å². The number of hydrogen-bond acceptors (Lipinski definition) is 6. The number of hydrogen-bond donors (Lipinski definition) is 1. The number of methoxy groups -OCH3 is 1. The molecule has 2 aliphatic heterocycles. The zero-order valence-electron chi connectivity index (χ0n) is 15.9. The lowest BCUT2D eigenvalue weighted by atomic mass is 9.90. The van der Waals surface area contributed by atoms with Gasteiger partial charge in [-0.15, -0.1) is 0 Å². The Kier molecular flexibility index (Phi) is 4.36. The largest absolute Gasteiger partial charge is 0.467 e. The number of nitrogens with one attached hydrogen (secondary N) is 1. The molecule has 1 aromatic heterocycles. The maximum absolute atomic E-state index is 5.45. The van der Waals surface area contributed by atoms with Gasteiger partial charge in [-0.3, -0.25) is 0 Å². The van der Waals surface area contributed by atoms with Crippen molar-refractivity contribution in [1.82, 2.24) is 15.3 Å². The third-order valence-electron chi connectivity index (χ3n) is 6.17. The predicted octanol–water partition coefficient (Wildman–Crippen LogP) is 1.81. The van der Waals surface area contributed by atoms with Gasteiger partial charge in [-0.2, -0.15) is 9.97 Å². The summed E-state index contributed by atoms with van der Waals surface area (Å²) in [6.07, 6.45) is 4.33. The van der Waals surface area contributed by atoms with Gasteiger partial charge in [0.1, 0.15) is 5.82 Å². The van der Waals surface area contributed by atoms with Crippen LogP contribution in [0.4, 0.5) is 11.5 Å². The van der Waals surface area contributed by atoms with Gasteiger partial charge in [-0.05, 0) is 30.9 Å². The van der Waals surface area contributed by atoms with Crippen LogP contribution in [0.15, 0.2) is 24.3 Å². The molecule has 1 unspecified atom stereocenters. The predicted molar refractivity (Wildman–Crippen MR) is 107 cm³/mol. The van der Waals surface area contributed by atoms with E-state index >= 15 is 0 Å². The second-order valence-corrected chi connectivity index (χ2v) is 7.66. The van der Waals surface area contributed by atoms with Crippen molar-refractivity contribution >= 4 is 11.5 Å². The lowest BCUT2D eigenvalue weighted by Crippen LogP contribution is -2.45. The van der Waals surface area contributed by atoms with Crippen LogP contribution in [0.25, 0.3) is 0 Å². The molecule has 2 aromatic rings. The SMILES string of the molecule is COc1nc2c(c(N3CCNCC3)n1)CCC(N1CCc3ccccc31)C2. The van der Waals surface area contributed by atoms with Crippen LogP contribution in [0.2, 0.25) is 0 Å². The second-order valence-electron chi connectivity index (χ2n) is 7.66. The summed E-state index contributed by atoms with van der Waals surface area (Å²) in [4.78, 5) is 14.5. The molecule has 1 N–H and O–H groups in total. The van der Waals surface area contributed by atoms with Crippen LogP contribution in [0, 0.1) is 0 Å². The van der Waals surface area contributed by atoms with Crippen LogP contribution in [-0.4, -0.2) is 55.8 Å². The van der Waals surface area contributed by atoms with Crippen molar-refractivity contribution in [2.45, 2.75) is 31.7 Å². The van der Waals surface area contributed by atoms with Gasteiger partial charge >= 0.3 is 6.01 Å². The maximum atomic E-state index is 5.45. The number of ether oxygens (including phenoxy) is 1.